The second-order valence-corrected chi connectivity index (χ2v) is 11.8. The molecule has 2 heterocycles. The van der Waals surface area contributed by atoms with Gasteiger partial charge in [-0.3, -0.25) is 14.4 Å². The van der Waals surface area contributed by atoms with Crippen LogP contribution in [0.4, 0.5) is 0 Å². The summed E-state index contributed by atoms with van der Waals surface area (Å²) >= 11 is 7.51. The predicted octanol–water partition coefficient (Wildman–Crippen LogP) is 3.04. The molecule has 0 spiro atoms. The molecular formula is C24H23ClN2O6S2. The summed E-state index contributed by atoms with van der Waals surface area (Å²) in [6.07, 6.45) is 0.334. The number of thiophene rings is 1. The first-order valence-electron chi connectivity index (χ1n) is 10.9. The maximum absolute atomic E-state index is 12.9. The number of halogens is 1. The van der Waals surface area contributed by atoms with Crippen molar-refractivity contribution in [3.8, 4) is 0 Å². The van der Waals surface area contributed by atoms with Gasteiger partial charge in [-0.05, 0) is 18.1 Å². The summed E-state index contributed by atoms with van der Waals surface area (Å²) in [6.45, 7) is -0.784. The number of amides is 2. The third-order valence-corrected chi connectivity index (χ3v) is 9.08. The van der Waals surface area contributed by atoms with E-state index in [0.717, 1.165) is 15.6 Å². The molecular weight excluding hydrogens is 512 g/mol. The molecule has 2 aromatic carbocycles. The van der Waals surface area contributed by atoms with Crippen LogP contribution in [0.3, 0.4) is 0 Å². The Balaban J connectivity index is 1.34. The van der Waals surface area contributed by atoms with E-state index in [9.17, 15) is 22.8 Å². The van der Waals surface area contributed by atoms with Gasteiger partial charge in [-0.2, -0.15) is 0 Å². The number of nitrogens with one attached hydrogen (secondary N) is 1. The zero-order chi connectivity index (χ0) is 25.0. The zero-order valence-corrected chi connectivity index (χ0v) is 21.0. The molecule has 4 rings (SSSR count). The maximum atomic E-state index is 12.9. The van der Waals surface area contributed by atoms with Crippen LogP contribution in [0.15, 0.2) is 54.6 Å². The Kier molecular flexibility index (Phi) is 7.73. The van der Waals surface area contributed by atoms with Gasteiger partial charge in [0.1, 0.15) is 11.4 Å². The van der Waals surface area contributed by atoms with E-state index in [4.69, 9.17) is 16.3 Å². The van der Waals surface area contributed by atoms with Gasteiger partial charge in [0.05, 0.1) is 16.5 Å². The van der Waals surface area contributed by atoms with E-state index < -0.39 is 46.8 Å². The van der Waals surface area contributed by atoms with Crippen molar-refractivity contribution in [3.63, 3.8) is 0 Å². The fourth-order valence-electron chi connectivity index (χ4n) is 3.89. The Morgan fingerprint density at radius 1 is 1.09 bits per heavy atom. The van der Waals surface area contributed by atoms with E-state index in [-0.39, 0.29) is 22.9 Å². The molecule has 3 aromatic rings. The van der Waals surface area contributed by atoms with Crippen molar-refractivity contribution in [1.82, 2.24) is 10.2 Å². The molecule has 1 atom stereocenters. The Morgan fingerprint density at radius 2 is 1.80 bits per heavy atom. The fourth-order valence-corrected chi connectivity index (χ4v) is 7.06. The van der Waals surface area contributed by atoms with E-state index in [1.54, 1.807) is 0 Å². The van der Waals surface area contributed by atoms with Crippen LogP contribution in [-0.2, 0) is 30.7 Å². The van der Waals surface area contributed by atoms with Gasteiger partial charge in [-0.25, -0.2) is 8.42 Å². The average molecular weight is 535 g/mol. The topological polar surface area (TPSA) is 110 Å². The quantitative estimate of drug-likeness (QED) is 0.445. The number of fused-ring (bicyclic) bond motifs is 1. The highest BCUT2D eigenvalue weighted by Gasteiger charge is 2.35. The minimum Gasteiger partial charge on any atom is -0.454 e. The van der Waals surface area contributed by atoms with Crippen molar-refractivity contribution in [3.05, 3.63) is 70.1 Å². The second kappa shape index (κ2) is 10.8. The van der Waals surface area contributed by atoms with Gasteiger partial charge in [0.15, 0.2) is 16.4 Å². The Bertz CT molecular complexity index is 1360. The van der Waals surface area contributed by atoms with Crippen LogP contribution >= 0.6 is 22.9 Å². The van der Waals surface area contributed by atoms with E-state index in [2.05, 4.69) is 5.32 Å². The number of carbonyl (C=O) groups excluding carboxylic acids is 3. The molecule has 35 heavy (non-hydrogen) atoms. The lowest BCUT2D eigenvalue weighted by molar-refractivity contribution is -0.152. The lowest BCUT2D eigenvalue weighted by atomic mass is 10.1. The summed E-state index contributed by atoms with van der Waals surface area (Å²) in [4.78, 5) is 39.3. The third-order valence-electron chi connectivity index (χ3n) is 5.66. The van der Waals surface area contributed by atoms with Gasteiger partial charge < -0.3 is 15.0 Å². The Morgan fingerprint density at radius 3 is 2.49 bits per heavy atom. The molecule has 0 radical (unpaired) electrons. The number of carbonyl (C=O) groups is 3. The standard InChI is InChI=1S/C24H23ClN2O6S2/c25-22-18-8-4-5-9-19(18)34-23(22)24(30)26-12-21(29)33-14-20(28)27(13-16-6-2-1-3-7-16)17-10-11-35(31,32)15-17/h1-9,17H,10-15H2,(H,26,30)/t17-/m0/s1. The number of sulfone groups is 1. The predicted molar refractivity (Wildman–Crippen MR) is 134 cm³/mol. The van der Waals surface area contributed by atoms with Crippen LogP contribution in [0.25, 0.3) is 10.1 Å². The van der Waals surface area contributed by atoms with Crippen LogP contribution < -0.4 is 5.32 Å². The summed E-state index contributed by atoms with van der Waals surface area (Å²) in [6, 6.07) is 16.0. The summed E-state index contributed by atoms with van der Waals surface area (Å²) in [7, 11) is -3.21. The first-order chi connectivity index (χ1) is 16.7. The molecule has 0 saturated carbocycles. The molecule has 0 aliphatic carbocycles. The molecule has 1 fully saturated rings. The van der Waals surface area contributed by atoms with E-state index in [1.807, 2.05) is 54.6 Å². The van der Waals surface area contributed by atoms with Crippen LogP contribution in [0.2, 0.25) is 5.02 Å². The highest BCUT2D eigenvalue weighted by molar-refractivity contribution is 7.91. The van der Waals surface area contributed by atoms with Crippen molar-refractivity contribution in [2.75, 3.05) is 24.7 Å². The molecule has 1 aliphatic heterocycles. The maximum Gasteiger partial charge on any atom is 0.325 e. The number of benzene rings is 2. The van der Waals surface area contributed by atoms with E-state index >= 15 is 0 Å². The molecule has 0 unspecified atom stereocenters. The normalized spacial score (nSPS) is 16.7. The van der Waals surface area contributed by atoms with E-state index in [0.29, 0.717) is 11.4 Å². The molecule has 2 amide bonds. The summed E-state index contributed by atoms with van der Waals surface area (Å²) in [5.74, 6) is -1.90. The molecule has 8 nitrogen and oxygen atoms in total. The molecule has 11 heteroatoms. The van der Waals surface area contributed by atoms with Gasteiger partial charge in [-0.1, -0.05) is 60.1 Å². The molecule has 184 valence electrons. The Labute approximate surface area is 211 Å². The SMILES string of the molecule is O=C(CNC(=O)c1sc2ccccc2c1Cl)OCC(=O)N(Cc1ccccc1)[C@H]1CCS(=O)(=O)C1. The number of hydrogen-bond donors (Lipinski definition) is 1. The monoisotopic (exact) mass is 534 g/mol. The molecule has 1 aliphatic rings. The minimum atomic E-state index is -3.21. The second-order valence-electron chi connectivity index (χ2n) is 8.15. The Hall–Kier alpha value is -2.95. The van der Waals surface area contributed by atoms with Gasteiger partial charge >= 0.3 is 5.97 Å². The molecule has 0 bridgehead atoms. The number of nitrogens with zero attached hydrogens (tertiary/aromatic N) is 1. The number of ether oxygens (including phenoxy) is 1. The van der Waals surface area contributed by atoms with Gasteiger partial charge in [-0.15, -0.1) is 11.3 Å². The summed E-state index contributed by atoms with van der Waals surface area (Å²) in [5, 5.41) is 3.54. The van der Waals surface area contributed by atoms with Crippen LogP contribution in [-0.4, -0.2) is 61.8 Å². The van der Waals surface area contributed by atoms with Crippen molar-refractivity contribution >= 4 is 60.6 Å². The van der Waals surface area contributed by atoms with Gasteiger partial charge in [0, 0.05) is 22.7 Å². The highest BCUT2D eigenvalue weighted by atomic mass is 35.5. The van der Waals surface area contributed by atoms with Crippen LogP contribution in [0.5, 0.6) is 0 Å². The summed E-state index contributed by atoms with van der Waals surface area (Å²) in [5.41, 5.74) is 0.837. The van der Waals surface area contributed by atoms with Crippen molar-refractivity contribution in [2.45, 2.75) is 19.0 Å². The van der Waals surface area contributed by atoms with E-state index in [1.165, 1.54) is 16.2 Å². The number of esters is 1. The third kappa shape index (κ3) is 6.19. The first-order valence-corrected chi connectivity index (χ1v) is 13.9. The first kappa shape index (κ1) is 25.2. The number of rotatable bonds is 8. The molecule has 1 saturated heterocycles. The van der Waals surface area contributed by atoms with Gasteiger partial charge in [0.2, 0.25) is 0 Å². The average Bonchev–Trinajstić information content (AvgIpc) is 3.39. The summed E-state index contributed by atoms with van der Waals surface area (Å²) < 4.78 is 29.9. The largest absolute Gasteiger partial charge is 0.454 e. The smallest absolute Gasteiger partial charge is 0.325 e. The highest BCUT2D eigenvalue weighted by Crippen LogP contribution is 2.34. The fraction of sp³-hybridized carbons (Fsp3) is 0.292. The lowest BCUT2D eigenvalue weighted by Crippen LogP contribution is -2.43. The van der Waals surface area contributed by atoms with Gasteiger partial charge in [0.25, 0.3) is 11.8 Å². The van der Waals surface area contributed by atoms with Crippen molar-refractivity contribution < 1.29 is 27.5 Å². The number of hydrogen-bond acceptors (Lipinski definition) is 7. The van der Waals surface area contributed by atoms with Crippen LogP contribution in [0.1, 0.15) is 21.7 Å². The van der Waals surface area contributed by atoms with Crippen molar-refractivity contribution in [2.24, 2.45) is 0 Å². The molecule has 1 N–H and O–H groups in total. The van der Waals surface area contributed by atoms with Crippen LogP contribution in [0, 0.1) is 0 Å². The lowest BCUT2D eigenvalue weighted by Gasteiger charge is -2.28. The zero-order valence-electron chi connectivity index (χ0n) is 18.6. The minimum absolute atomic E-state index is 0.0162. The molecule has 1 aromatic heterocycles. The van der Waals surface area contributed by atoms with Crippen molar-refractivity contribution in [1.29, 1.82) is 0 Å².